The van der Waals surface area contributed by atoms with E-state index in [1.807, 2.05) is 12.1 Å². The van der Waals surface area contributed by atoms with Crippen LogP contribution in [0, 0.1) is 0 Å². The van der Waals surface area contributed by atoms with Gasteiger partial charge >= 0.3 is 0 Å². The Morgan fingerprint density at radius 2 is 2.00 bits per heavy atom. The average Bonchev–Trinajstić information content (AvgIpc) is 2.73. The molecule has 0 N–H and O–H groups in total. The van der Waals surface area contributed by atoms with Crippen molar-refractivity contribution < 1.29 is 9.15 Å². The summed E-state index contributed by atoms with van der Waals surface area (Å²) in [7, 11) is 1.63. The number of benzene rings is 1. The lowest BCUT2D eigenvalue weighted by Crippen LogP contribution is -1.97. The molecule has 0 aliphatic heterocycles. The Hall–Kier alpha value is 0.0300. The quantitative estimate of drug-likeness (QED) is 0.530. The van der Waals surface area contributed by atoms with Crippen molar-refractivity contribution in [1.82, 2.24) is 0 Å². The fraction of sp³-hybridized carbons (Fsp3) is 0.167. The second-order valence-corrected chi connectivity index (χ2v) is 6.45. The van der Waals surface area contributed by atoms with E-state index in [2.05, 4.69) is 47.8 Å². The SMILES string of the molecule is COc1c(Br)cc(Cl)cc1C(Br)c1ccoc1Br. The molecule has 96 valence electrons. The number of halogens is 4. The number of methoxy groups -OCH3 is 1. The van der Waals surface area contributed by atoms with E-state index in [1.165, 1.54) is 0 Å². The van der Waals surface area contributed by atoms with Crippen molar-refractivity contribution in [3.05, 3.63) is 49.8 Å². The zero-order valence-electron chi connectivity index (χ0n) is 9.22. The topological polar surface area (TPSA) is 22.4 Å². The summed E-state index contributed by atoms with van der Waals surface area (Å²) in [5, 5.41) is 0.641. The molecule has 0 aliphatic rings. The van der Waals surface area contributed by atoms with Crippen LogP contribution >= 0.6 is 59.4 Å². The number of alkyl halides is 1. The zero-order chi connectivity index (χ0) is 13.3. The Morgan fingerprint density at radius 1 is 1.28 bits per heavy atom. The molecule has 18 heavy (non-hydrogen) atoms. The van der Waals surface area contributed by atoms with Crippen LogP contribution in [0.15, 0.2) is 38.0 Å². The first kappa shape index (κ1) is 14.4. The lowest BCUT2D eigenvalue weighted by molar-refractivity contribution is 0.407. The molecule has 2 rings (SSSR count). The van der Waals surface area contributed by atoms with E-state index in [4.69, 9.17) is 20.8 Å². The highest BCUT2D eigenvalue weighted by atomic mass is 79.9. The third-order valence-corrected chi connectivity index (χ3v) is 4.87. The molecule has 0 amide bonds. The Morgan fingerprint density at radius 3 is 2.56 bits per heavy atom. The molecule has 2 nitrogen and oxygen atoms in total. The van der Waals surface area contributed by atoms with Crippen molar-refractivity contribution in [3.63, 3.8) is 0 Å². The van der Waals surface area contributed by atoms with E-state index in [0.29, 0.717) is 9.69 Å². The molecule has 1 aromatic heterocycles. The fourth-order valence-corrected chi connectivity index (χ4v) is 4.11. The second kappa shape index (κ2) is 5.99. The van der Waals surface area contributed by atoms with E-state index >= 15 is 0 Å². The fourth-order valence-electron chi connectivity index (χ4n) is 1.64. The van der Waals surface area contributed by atoms with Crippen molar-refractivity contribution in [2.45, 2.75) is 4.83 Å². The maximum absolute atomic E-state index is 6.08. The molecule has 0 saturated carbocycles. The van der Waals surface area contributed by atoms with Gasteiger partial charge in [-0.1, -0.05) is 27.5 Å². The van der Waals surface area contributed by atoms with Crippen LogP contribution in [0.2, 0.25) is 5.02 Å². The first-order valence-electron chi connectivity index (χ1n) is 4.94. The van der Waals surface area contributed by atoms with Gasteiger partial charge in [-0.05, 0) is 50.1 Å². The number of furan rings is 1. The van der Waals surface area contributed by atoms with Crippen LogP contribution in [-0.2, 0) is 0 Å². The number of hydrogen-bond acceptors (Lipinski definition) is 2. The van der Waals surface area contributed by atoms with E-state index in [0.717, 1.165) is 21.3 Å². The van der Waals surface area contributed by atoms with E-state index in [1.54, 1.807) is 19.4 Å². The molecule has 0 bridgehead atoms. The Balaban J connectivity index is 2.54. The first-order valence-corrected chi connectivity index (χ1v) is 7.82. The van der Waals surface area contributed by atoms with Gasteiger partial charge in [-0.2, -0.15) is 0 Å². The first-order chi connectivity index (χ1) is 8.54. The predicted molar refractivity (Wildman–Crippen MR) is 82.9 cm³/mol. The molecule has 0 saturated heterocycles. The van der Waals surface area contributed by atoms with Crippen molar-refractivity contribution in [1.29, 1.82) is 0 Å². The Kier molecular flexibility index (Phi) is 4.80. The van der Waals surface area contributed by atoms with E-state index in [-0.39, 0.29) is 4.83 Å². The lowest BCUT2D eigenvalue weighted by atomic mass is 10.1. The second-order valence-electron chi connectivity index (χ2n) is 3.52. The molecule has 6 heteroatoms. The van der Waals surface area contributed by atoms with Crippen molar-refractivity contribution >= 4 is 59.4 Å². The number of hydrogen-bond donors (Lipinski definition) is 0. The summed E-state index contributed by atoms with van der Waals surface area (Å²) in [6, 6.07) is 5.55. The molecule has 0 aliphatic carbocycles. The van der Waals surface area contributed by atoms with Crippen molar-refractivity contribution in [3.8, 4) is 5.75 Å². The van der Waals surface area contributed by atoms with E-state index in [9.17, 15) is 0 Å². The smallest absolute Gasteiger partial charge is 0.173 e. The summed E-state index contributed by atoms with van der Waals surface area (Å²) in [5.74, 6) is 0.745. The van der Waals surface area contributed by atoms with Gasteiger partial charge in [0.05, 0.1) is 22.7 Å². The number of rotatable bonds is 3. The Bertz CT molecular complexity index is 568. The highest BCUT2D eigenvalue weighted by Crippen LogP contribution is 2.44. The van der Waals surface area contributed by atoms with Crippen LogP contribution in [0.4, 0.5) is 0 Å². The minimum Gasteiger partial charge on any atom is -0.495 e. The van der Waals surface area contributed by atoms with Crippen LogP contribution in [0.25, 0.3) is 0 Å². The molecule has 0 fully saturated rings. The molecule has 2 aromatic rings. The third kappa shape index (κ3) is 2.79. The summed E-state index contributed by atoms with van der Waals surface area (Å²) in [4.78, 5) is -0.0735. The highest BCUT2D eigenvalue weighted by molar-refractivity contribution is 9.11. The average molecular weight is 459 g/mol. The van der Waals surface area contributed by atoms with Gasteiger partial charge in [0.15, 0.2) is 4.67 Å². The molecule has 0 radical (unpaired) electrons. The summed E-state index contributed by atoms with van der Waals surface area (Å²) < 4.78 is 12.2. The van der Waals surface area contributed by atoms with E-state index < -0.39 is 0 Å². The molecular formula is C12H8Br3ClO2. The highest BCUT2D eigenvalue weighted by Gasteiger charge is 2.21. The minimum atomic E-state index is -0.0735. The molecule has 1 heterocycles. The van der Waals surface area contributed by atoms with Crippen LogP contribution in [-0.4, -0.2) is 7.11 Å². The maximum Gasteiger partial charge on any atom is 0.173 e. The van der Waals surface area contributed by atoms with Crippen molar-refractivity contribution in [2.75, 3.05) is 7.11 Å². The molecular weight excluding hydrogens is 451 g/mol. The van der Waals surface area contributed by atoms with Crippen LogP contribution < -0.4 is 4.74 Å². The third-order valence-electron chi connectivity index (χ3n) is 2.43. The van der Waals surface area contributed by atoms with Crippen LogP contribution in [0.1, 0.15) is 16.0 Å². The summed E-state index contributed by atoms with van der Waals surface area (Å²) in [5.41, 5.74) is 1.90. The molecule has 1 atom stereocenters. The normalized spacial score (nSPS) is 12.5. The minimum absolute atomic E-state index is 0.0735. The zero-order valence-corrected chi connectivity index (χ0v) is 14.7. The van der Waals surface area contributed by atoms with Gasteiger partial charge in [0, 0.05) is 16.1 Å². The van der Waals surface area contributed by atoms with Crippen molar-refractivity contribution in [2.24, 2.45) is 0 Å². The monoisotopic (exact) mass is 456 g/mol. The standard InChI is InChI=1S/C12H8Br3ClO2/c1-17-11-8(4-6(16)5-9(11)13)10(14)7-2-3-18-12(7)15/h2-5,10H,1H3. The largest absolute Gasteiger partial charge is 0.495 e. The predicted octanol–water partition coefficient (Wildman–Crippen LogP) is 5.95. The van der Waals surface area contributed by atoms with Gasteiger partial charge in [0.2, 0.25) is 0 Å². The van der Waals surface area contributed by atoms with Gasteiger partial charge in [0.1, 0.15) is 5.75 Å². The summed E-state index contributed by atoms with van der Waals surface area (Å²) >= 11 is 16.5. The van der Waals surface area contributed by atoms with Crippen LogP contribution in [0.3, 0.4) is 0 Å². The molecule has 1 unspecified atom stereocenters. The van der Waals surface area contributed by atoms with Gasteiger partial charge in [-0.25, -0.2) is 0 Å². The Labute approximate surface area is 135 Å². The van der Waals surface area contributed by atoms with Gasteiger partial charge < -0.3 is 9.15 Å². The van der Waals surface area contributed by atoms with Gasteiger partial charge in [0.25, 0.3) is 0 Å². The summed E-state index contributed by atoms with van der Waals surface area (Å²) in [6.45, 7) is 0. The lowest BCUT2D eigenvalue weighted by Gasteiger charge is -2.15. The van der Waals surface area contributed by atoms with Crippen LogP contribution in [0.5, 0.6) is 5.75 Å². The maximum atomic E-state index is 6.08. The van der Waals surface area contributed by atoms with Gasteiger partial charge in [-0.15, -0.1) is 0 Å². The molecule has 0 spiro atoms. The number of ether oxygens (including phenoxy) is 1. The molecule has 1 aromatic carbocycles. The summed E-state index contributed by atoms with van der Waals surface area (Å²) in [6.07, 6.45) is 1.62. The van der Waals surface area contributed by atoms with Gasteiger partial charge in [-0.3, -0.25) is 0 Å².